The lowest BCUT2D eigenvalue weighted by molar-refractivity contribution is 0.0432. The van der Waals surface area contributed by atoms with Crippen molar-refractivity contribution in [3.05, 3.63) is 46.4 Å². The molecule has 134 valence electrons. The minimum absolute atomic E-state index is 0.177. The Balaban J connectivity index is 2.15. The third kappa shape index (κ3) is 4.24. The lowest BCUT2D eigenvalue weighted by Crippen LogP contribution is -2.09. The van der Waals surface area contributed by atoms with Gasteiger partial charge in [-0.2, -0.15) is 0 Å². The molecule has 8 heteroatoms. The van der Waals surface area contributed by atoms with Crippen LogP contribution in [0.15, 0.2) is 28.9 Å². The van der Waals surface area contributed by atoms with Gasteiger partial charge < -0.3 is 23.4 Å². The molecule has 0 aliphatic heterocycles. The number of hydrogen-bond donors (Lipinski definition) is 0. The van der Waals surface area contributed by atoms with Crippen LogP contribution >= 0.6 is 11.6 Å². The predicted molar refractivity (Wildman–Crippen MR) is 88.3 cm³/mol. The molecule has 0 aliphatic rings. The summed E-state index contributed by atoms with van der Waals surface area (Å²) in [5, 5.41) is 0.224. The molecular formula is C17H17ClO7. The van der Waals surface area contributed by atoms with E-state index in [0.717, 1.165) is 0 Å². The van der Waals surface area contributed by atoms with Crippen molar-refractivity contribution >= 4 is 23.5 Å². The van der Waals surface area contributed by atoms with E-state index in [9.17, 15) is 9.59 Å². The zero-order valence-corrected chi connectivity index (χ0v) is 14.7. The zero-order valence-electron chi connectivity index (χ0n) is 14.0. The highest BCUT2D eigenvalue weighted by atomic mass is 35.5. The maximum absolute atomic E-state index is 12.2. The number of benzene rings is 1. The third-order valence-electron chi connectivity index (χ3n) is 3.24. The van der Waals surface area contributed by atoms with Crippen LogP contribution in [0.4, 0.5) is 0 Å². The van der Waals surface area contributed by atoms with Gasteiger partial charge in [0.25, 0.3) is 0 Å². The average Bonchev–Trinajstić information content (AvgIpc) is 3.09. The van der Waals surface area contributed by atoms with Gasteiger partial charge in [0.15, 0.2) is 23.9 Å². The van der Waals surface area contributed by atoms with Crippen molar-refractivity contribution in [1.29, 1.82) is 0 Å². The van der Waals surface area contributed by atoms with E-state index in [1.165, 1.54) is 38.7 Å². The van der Waals surface area contributed by atoms with Gasteiger partial charge >= 0.3 is 11.9 Å². The lowest BCUT2D eigenvalue weighted by Gasteiger charge is -2.12. The van der Waals surface area contributed by atoms with Gasteiger partial charge in [-0.05, 0) is 25.1 Å². The second kappa shape index (κ2) is 8.43. The molecule has 1 aromatic heterocycles. The van der Waals surface area contributed by atoms with Gasteiger partial charge in [0.1, 0.15) is 5.56 Å². The van der Waals surface area contributed by atoms with E-state index in [-0.39, 0.29) is 28.5 Å². The first-order valence-corrected chi connectivity index (χ1v) is 7.71. The summed E-state index contributed by atoms with van der Waals surface area (Å²) in [4.78, 5) is 23.8. The van der Waals surface area contributed by atoms with E-state index >= 15 is 0 Å². The van der Waals surface area contributed by atoms with E-state index in [1.54, 1.807) is 6.92 Å². The first-order chi connectivity index (χ1) is 12.0. The number of hydrogen-bond acceptors (Lipinski definition) is 7. The number of methoxy groups -OCH3 is 2. The standard InChI is InChI=1S/C17H17ClO7/c1-4-23-15-12(18)7-10(8-13(15)21-2)16(19)25-9-14-11(5-6-24-14)17(20)22-3/h5-8H,4,9H2,1-3H3. The average molecular weight is 369 g/mol. The summed E-state index contributed by atoms with van der Waals surface area (Å²) in [6.45, 7) is 1.97. The van der Waals surface area contributed by atoms with Crippen molar-refractivity contribution in [2.75, 3.05) is 20.8 Å². The molecule has 0 N–H and O–H groups in total. The molecule has 0 saturated carbocycles. The van der Waals surface area contributed by atoms with E-state index in [2.05, 4.69) is 4.74 Å². The van der Waals surface area contributed by atoms with Gasteiger partial charge in [0.2, 0.25) is 0 Å². The molecule has 0 radical (unpaired) electrons. The maximum Gasteiger partial charge on any atom is 0.341 e. The van der Waals surface area contributed by atoms with Gasteiger partial charge in [0.05, 0.1) is 37.7 Å². The maximum atomic E-state index is 12.2. The van der Waals surface area contributed by atoms with Gasteiger partial charge in [-0.25, -0.2) is 9.59 Å². The van der Waals surface area contributed by atoms with Crippen molar-refractivity contribution in [3.63, 3.8) is 0 Å². The van der Waals surface area contributed by atoms with Crippen LogP contribution in [0.25, 0.3) is 0 Å². The zero-order chi connectivity index (χ0) is 18.4. The molecule has 0 saturated heterocycles. The Hall–Kier alpha value is -2.67. The van der Waals surface area contributed by atoms with Crippen LogP contribution in [0.1, 0.15) is 33.4 Å². The van der Waals surface area contributed by atoms with Crippen LogP contribution < -0.4 is 9.47 Å². The fourth-order valence-corrected chi connectivity index (χ4v) is 2.35. The molecule has 0 unspecified atom stereocenters. The number of carbonyl (C=O) groups is 2. The summed E-state index contributed by atoms with van der Waals surface area (Å²) in [5.41, 5.74) is 0.370. The van der Waals surface area contributed by atoms with Crippen LogP contribution in [0.2, 0.25) is 5.02 Å². The summed E-state index contributed by atoms with van der Waals surface area (Å²) in [5.74, 6) is -0.387. The Kier molecular flexibility index (Phi) is 6.30. The van der Waals surface area contributed by atoms with Crippen molar-refractivity contribution in [3.8, 4) is 11.5 Å². The summed E-state index contributed by atoms with van der Waals surface area (Å²) < 4.78 is 25.5. The quantitative estimate of drug-likeness (QED) is 0.691. The first kappa shape index (κ1) is 18.7. The first-order valence-electron chi connectivity index (χ1n) is 7.33. The highest BCUT2D eigenvalue weighted by molar-refractivity contribution is 6.32. The van der Waals surface area contributed by atoms with E-state index < -0.39 is 11.9 Å². The fraction of sp³-hybridized carbons (Fsp3) is 0.294. The Morgan fingerprint density at radius 1 is 1.20 bits per heavy atom. The monoisotopic (exact) mass is 368 g/mol. The lowest BCUT2D eigenvalue weighted by atomic mass is 10.2. The molecule has 2 rings (SSSR count). The van der Waals surface area contributed by atoms with Gasteiger partial charge in [-0.1, -0.05) is 11.6 Å². The molecule has 0 fully saturated rings. The Labute approximate surface area is 149 Å². The number of rotatable bonds is 7. The second-order valence-electron chi connectivity index (χ2n) is 4.75. The van der Waals surface area contributed by atoms with Crippen LogP contribution in [-0.4, -0.2) is 32.8 Å². The van der Waals surface area contributed by atoms with Crippen LogP contribution in [0.5, 0.6) is 11.5 Å². The molecule has 2 aromatic rings. The fourth-order valence-electron chi connectivity index (χ4n) is 2.08. The second-order valence-corrected chi connectivity index (χ2v) is 5.15. The van der Waals surface area contributed by atoms with Crippen molar-refractivity contribution in [2.24, 2.45) is 0 Å². The molecular weight excluding hydrogens is 352 g/mol. The largest absolute Gasteiger partial charge is 0.493 e. The molecule has 0 amide bonds. The molecule has 0 aliphatic carbocycles. The van der Waals surface area contributed by atoms with Gasteiger partial charge in [0, 0.05) is 0 Å². The molecule has 7 nitrogen and oxygen atoms in total. The molecule has 1 heterocycles. The van der Waals surface area contributed by atoms with E-state index in [1.807, 2.05) is 0 Å². The molecule has 0 bridgehead atoms. The predicted octanol–water partition coefficient (Wildman–Crippen LogP) is 3.48. The molecule has 0 spiro atoms. The molecule has 1 aromatic carbocycles. The number of esters is 2. The van der Waals surface area contributed by atoms with Crippen LogP contribution in [0.3, 0.4) is 0 Å². The Morgan fingerprint density at radius 2 is 1.96 bits per heavy atom. The Bertz CT molecular complexity index is 766. The highest BCUT2D eigenvalue weighted by Gasteiger charge is 2.19. The normalized spacial score (nSPS) is 10.2. The van der Waals surface area contributed by atoms with Crippen molar-refractivity contribution < 1.29 is 33.0 Å². The summed E-state index contributed by atoms with van der Waals surface area (Å²) in [6, 6.07) is 4.31. The summed E-state index contributed by atoms with van der Waals surface area (Å²) >= 11 is 6.13. The molecule has 0 atom stereocenters. The van der Waals surface area contributed by atoms with Gasteiger partial charge in [-0.15, -0.1) is 0 Å². The minimum atomic E-state index is -0.657. The van der Waals surface area contributed by atoms with Gasteiger partial charge in [-0.3, -0.25) is 0 Å². The summed E-state index contributed by atoms with van der Waals surface area (Å²) in [6.07, 6.45) is 1.31. The topological polar surface area (TPSA) is 84.2 Å². The number of halogens is 1. The minimum Gasteiger partial charge on any atom is -0.493 e. The van der Waals surface area contributed by atoms with Crippen LogP contribution in [0, 0.1) is 0 Å². The number of carbonyl (C=O) groups excluding carboxylic acids is 2. The SMILES string of the molecule is CCOc1c(Cl)cc(C(=O)OCc2occc2C(=O)OC)cc1OC. The smallest absolute Gasteiger partial charge is 0.341 e. The number of ether oxygens (including phenoxy) is 4. The van der Waals surface area contributed by atoms with Crippen LogP contribution in [-0.2, 0) is 16.1 Å². The van der Waals surface area contributed by atoms with Crippen molar-refractivity contribution in [2.45, 2.75) is 13.5 Å². The van der Waals surface area contributed by atoms with E-state index in [0.29, 0.717) is 18.1 Å². The van der Waals surface area contributed by atoms with Crippen molar-refractivity contribution in [1.82, 2.24) is 0 Å². The van der Waals surface area contributed by atoms with E-state index in [4.69, 9.17) is 30.2 Å². The highest BCUT2D eigenvalue weighted by Crippen LogP contribution is 2.36. The summed E-state index contributed by atoms with van der Waals surface area (Å²) in [7, 11) is 2.69. The Morgan fingerprint density at radius 3 is 2.60 bits per heavy atom. The third-order valence-corrected chi connectivity index (χ3v) is 3.52. The number of furan rings is 1. The molecule has 25 heavy (non-hydrogen) atoms.